The second kappa shape index (κ2) is 10.2. The van der Waals surface area contributed by atoms with E-state index in [4.69, 9.17) is 4.74 Å². The summed E-state index contributed by atoms with van der Waals surface area (Å²) >= 11 is 0. The van der Waals surface area contributed by atoms with Crippen LogP contribution in [0.2, 0.25) is 0 Å². The molecule has 2 aliphatic rings. The second-order valence-electron chi connectivity index (χ2n) is 9.32. The highest BCUT2D eigenvalue weighted by Crippen LogP contribution is 2.29. The molecule has 176 valence electrons. The molecule has 3 aromatic carbocycles. The minimum absolute atomic E-state index is 0.0641. The summed E-state index contributed by atoms with van der Waals surface area (Å²) in [7, 11) is 0. The maximum absolute atomic E-state index is 13.0. The average Bonchev–Trinajstić information content (AvgIpc) is 3.42. The quantitative estimate of drug-likeness (QED) is 0.503. The van der Waals surface area contributed by atoms with Gasteiger partial charge < -0.3 is 19.9 Å². The lowest BCUT2D eigenvalue weighted by Gasteiger charge is -2.34. The van der Waals surface area contributed by atoms with Crippen LogP contribution < -0.4 is 19.9 Å². The number of ether oxygens (including phenoxy) is 1. The smallest absolute Gasteiger partial charge is 0.255 e. The molecule has 2 aliphatic heterocycles. The Balaban J connectivity index is 1.23. The Morgan fingerprint density at radius 1 is 0.853 bits per heavy atom. The second-order valence-corrected chi connectivity index (χ2v) is 9.32. The summed E-state index contributed by atoms with van der Waals surface area (Å²) in [6, 6.07) is 24.2. The van der Waals surface area contributed by atoms with Crippen LogP contribution in [0.15, 0.2) is 72.8 Å². The highest BCUT2D eigenvalue weighted by molar-refractivity contribution is 6.05. The molecule has 1 N–H and O–H groups in total. The Hall–Kier alpha value is -3.47. The van der Waals surface area contributed by atoms with Crippen LogP contribution in [-0.2, 0) is 0 Å². The standard InChI is InChI=1S/C29H33N3O2/c1-22-12-13-24(30-29(33)23-8-7-9-25(20-23)31-16-5-6-17-31)21-28(22)32-18-14-27(15-19-32)34-26-10-3-2-4-11-26/h2-4,7-13,20-21,27H,5-6,14-19H2,1H3,(H,30,33). The molecule has 5 rings (SSSR count). The van der Waals surface area contributed by atoms with E-state index in [9.17, 15) is 4.79 Å². The van der Waals surface area contributed by atoms with Crippen LogP contribution >= 0.6 is 0 Å². The van der Waals surface area contributed by atoms with E-state index in [0.29, 0.717) is 5.56 Å². The number of benzene rings is 3. The molecule has 0 bridgehead atoms. The molecular weight excluding hydrogens is 422 g/mol. The fraction of sp³-hybridized carbons (Fsp3) is 0.345. The lowest BCUT2D eigenvalue weighted by atomic mass is 10.0. The zero-order chi connectivity index (χ0) is 23.3. The van der Waals surface area contributed by atoms with Crippen LogP contribution in [0.4, 0.5) is 17.1 Å². The number of hydrogen-bond acceptors (Lipinski definition) is 4. The van der Waals surface area contributed by atoms with Crippen molar-refractivity contribution in [1.82, 2.24) is 0 Å². The van der Waals surface area contributed by atoms with Crippen molar-refractivity contribution in [3.05, 3.63) is 83.9 Å². The fourth-order valence-corrected chi connectivity index (χ4v) is 4.96. The van der Waals surface area contributed by atoms with E-state index >= 15 is 0 Å². The number of rotatable bonds is 6. The number of hydrogen-bond donors (Lipinski definition) is 1. The molecule has 2 fully saturated rings. The lowest BCUT2D eigenvalue weighted by Crippen LogP contribution is -2.38. The highest BCUT2D eigenvalue weighted by Gasteiger charge is 2.22. The van der Waals surface area contributed by atoms with Gasteiger partial charge in [0.25, 0.3) is 5.91 Å². The number of aryl methyl sites for hydroxylation is 1. The summed E-state index contributed by atoms with van der Waals surface area (Å²) in [6.07, 6.45) is 4.64. The summed E-state index contributed by atoms with van der Waals surface area (Å²) in [5.74, 6) is 0.876. The van der Waals surface area contributed by atoms with Gasteiger partial charge in [-0.1, -0.05) is 30.3 Å². The van der Waals surface area contributed by atoms with Crippen LogP contribution in [0.25, 0.3) is 0 Å². The Labute approximate surface area is 202 Å². The molecule has 0 saturated carbocycles. The minimum atomic E-state index is -0.0641. The number of amides is 1. The molecule has 0 atom stereocenters. The average molecular weight is 456 g/mol. The van der Waals surface area contributed by atoms with Crippen molar-refractivity contribution in [1.29, 1.82) is 0 Å². The van der Waals surface area contributed by atoms with Crippen molar-refractivity contribution >= 4 is 23.0 Å². The lowest BCUT2D eigenvalue weighted by molar-refractivity contribution is 0.102. The fourth-order valence-electron chi connectivity index (χ4n) is 4.96. The van der Waals surface area contributed by atoms with Gasteiger partial charge in [0, 0.05) is 61.6 Å². The van der Waals surface area contributed by atoms with Crippen LogP contribution in [0, 0.1) is 6.92 Å². The first-order valence-electron chi connectivity index (χ1n) is 12.4. The summed E-state index contributed by atoms with van der Waals surface area (Å²) in [4.78, 5) is 17.8. The van der Waals surface area contributed by atoms with Gasteiger partial charge in [0.2, 0.25) is 0 Å². The van der Waals surface area contributed by atoms with Gasteiger partial charge in [0.1, 0.15) is 11.9 Å². The van der Waals surface area contributed by atoms with Crippen LogP contribution in [0.3, 0.4) is 0 Å². The van der Waals surface area contributed by atoms with E-state index in [0.717, 1.165) is 56.1 Å². The maximum atomic E-state index is 13.0. The normalized spacial score (nSPS) is 16.5. The molecule has 34 heavy (non-hydrogen) atoms. The Morgan fingerprint density at radius 2 is 1.62 bits per heavy atom. The molecular formula is C29H33N3O2. The van der Waals surface area contributed by atoms with E-state index in [2.05, 4.69) is 40.2 Å². The Morgan fingerprint density at radius 3 is 2.38 bits per heavy atom. The molecule has 0 aliphatic carbocycles. The van der Waals surface area contributed by atoms with Crippen LogP contribution in [0.1, 0.15) is 41.6 Å². The van der Waals surface area contributed by atoms with E-state index in [1.54, 1.807) is 0 Å². The summed E-state index contributed by atoms with van der Waals surface area (Å²) < 4.78 is 6.15. The number of para-hydroxylation sites is 1. The molecule has 5 nitrogen and oxygen atoms in total. The molecule has 2 saturated heterocycles. The number of carbonyl (C=O) groups is 1. The summed E-state index contributed by atoms with van der Waals surface area (Å²) in [5, 5.41) is 3.12. The third-order valence-electron chi connectivity index (χ3n) is 6.88. The molecule has 1 amide bonds. The number of carbonyl (C=O) groups excluding carboxylic acids is 1. The van der Waals surface area contributed by atoms with Crippen molar-refractivity contribution < 1.29 is 9.53 Å². The molecule has 0 spiro atoms. The number of anilines is 3. The van der Waals surface area contributed by atoms with Crippen LogP contribution in [-0.4, -0.2) is 38.2 Å². The largest absolute Gasteiger partial charge is 0.490 e. The van der Waals surface area contributed by atoms with Crippen molar-refractivity contribution in [2.45, 2.75) is 38.7 Å². The first-order valence-corrected chi connectivity index (χ1v) is 12.4. The maximum Gasteiger partial charge on any atom is 0.255 e. The van der Waals surface area contributed by atoms with E-state index in [-0.39, 0.29) is 12.0 Å². The SMILES string of the molecule is Cc1ccc(NC(=O)c2cccc(N3CCCC3)c2)cc1N1CCC(Oc2ccccc2)CC1. The number of nitrogens with zero attached hydrogens (tertiary/aromatic N) is 2. The van der Waals surface area contributed by atoms with E-state index in [1.165, 1.54) is 24.1 Å². The third-order valence-corrected chi connectivity index (χ3v) is 6.88. The van der Waals surface area contributed by atoms with Crippen molar-refractivity contribution in [3.63, 3.8) is 0 Å². The zero-order valence-electron chi connectivity index (χ0n) is 19.9. The van der Waals surface area contributed by atoms with E-state index in [1.807, 2.05) is 54.6 Å². The van der Waals surface area contributed by atoms with Gasteiger partial charge in [-0.2, -0.15) is 0 Å². The third kappa shape index (κ3) is 5.19. The Bertz CT molecular complexity index is 1120. The van der Waals surface area contributed by atoms with Gasteiger partial charge in [-0.15, -0.1) is 0 Å². The summed E-state index contributed by atoms with van der Waals surface area (Å²) in [5.41, 5.74) is 5.07. The predicted molar refractivity (Wildman–Crippen MR) is 139 cm³/mol. The van der Waals surface area contributed by atoms with E-state index < -0.39 is 0 Å². The highest BCUT2D eigenvalue weighted by atomic mass is 16.5. The Kier molecular flexibility index (Phi) is 6.70. The van der Waals surface area contributed by atoms with Gasteiger partial charge >= 0.3 is 0 Å². The molecule has 3 aromatic rings. The van der Waals surface area contributed by atoms with Gasteiger partial charge in [-0.3, -0.25) is 4.79 Å². The first kappa shape index (κ1) is 22.3. The van der Waals surface area contributed by atoms with Crippen LogP contribution in [0.5, 0.6) is 5.75 Å². The zero-order valence-corrected chi connectivity index (χ0v) is 19.9. The van der Waals surface area contributed by atoms with Crippen molar-refractivity contribution in [2.24, 2.45) is 0 Å². The number of nitrogens with one attached hydrogen (secondary N) is 1. The van der Waals surface area contributed by atoms with Gasteiger partial charge in [-0.25, -0.2) is 0 Å². The predicted octanol–water partition coefficient (Wildman–Crippen LogP) is 5.90. The molecule has 2 heterocycles. The van der Waals surface area contributed by atoms with Gasteiger partial charge in [-0.05, 0) is 67.8 Å². The monoisotopic (exact) mass is 455 g/mol. The molecule has 0 aromatic heterocycles. The number of piperidine rings is 1. The van der Waals surface area contributed by atoms with Crippen molar-refractivity contribution in [3.8, 4) is 5.75 Å². The minimum Gasteiger partial charge on any atom is -0.490 e. The van der Waals surface area contributed by atoms with Gasteiger partial charge in [0.05, 0.1) is 0 Å². The topological polar surface area (TPSA) is 44.8 Å². The molecule has 5 heteroatoms. The molecule has 0 unspecified atom stereocenters. The molecule has 0 radical (unpaired) electrons. The van der Waals surface area contributed by atoms with Gasteiger partial charge in [0.15, 0.2) is 0 Å². The van der Waals surface area contributed by atoms with Crippen molar-refractivity contribution in [2.75, 3.05) is 41.3 Å². The summed E-state index contributed by atoms with van der Waals surface area (Å²) in [6.45, 7) is 6.15. The first-order chi connectivity index (χ1) is 16.7.